The molecular formula is C12H26N2O4. The number of nitrogens with one attached hydrogen (secondary N) is 2. The topological polar surface area (TPSA) is 105 Å². The molecule has 0 radical (unpaired) electrons. The van der Waals surface area contributed by atoms with E-state index < -0.39 is 0 Å². The van der Waals surface area contributed by atoms with Crippen LogP contribution in [0.15, 0.2) is 0 Å². The maximum atomic E-state index is 9.15. The molecule has 0 spiro atoms. The van der Waals surface area contributed by atoms with Gasteiger partial charge in [-0.05, 0) is 25.9 Å². The van der Waals surface area contributed by atoms with Gasteiger partial charge in [0.15, 0.2) is 0 Å². The zero-order valence-corrected chi connectivity index (χ0v) is 10.8. The first-order chi connectivity index (χ1) is 8.69. The largest absolute Gasteiger partial charge is 0.396 e. The minimum Gasteiger partial charge on any atom is -0.396 e. The average Bonchev–Trinajstić information content (AvgIpc) is 2.41. The highest BCUT2D eigenvalue weighted by molar-refractivity contribution is 4.76. The Labute approximate surface area is 108 Å². The Morgan fingerprint density at radius 3 is 1.39 bits per heavy atom. The van der Waals surface area contributed by atoms with Crippen molar-refractivity contribution in [2.75, 3.05) is 39.4 Å². The number of hydrogen-bond acceptors (Lipinski definition) is 6. The van der Waals surface area contributed by atoms with Crippen LogP contribution in [0.1, 0.15) is 12.8 Å². The number of aliphatic hydroxyl groups excluding tert-OH is 4. The summed E-state index contributed by atoms with van der Waals surface area (Å²) in [6.07, 6.45) is 1.09. The summed E-state index contributed by atoms with van der Waals surface area (Å²) in [4.78, 5) is 0. The van der Waals surface area contributed by atoms with Gasteiger partial charge in [-0.1, -0.05) is 0 Å². The first-order valence-corrected chi connectivity index (χ1v) is 6.68. The number of piperidine rings is 2. The molecule has 2 aliphatic heterocycles. The molecule has 0 aromatic rings. The Morgan fingerprint density at radius 1 is 0.778 bits per heavy atom. The summed E-state index contributed by atoms with van der Waals surface area (Å²) in [5.41, 5.74) is 0. The average molecular weight is 262 g/mol. The fourth-order valence-electron chi connectivity index (χ4n) is 2.22. The van der Waals surface area contributed by atoms with E-state index >= 15 is 0 Å². The highest BCUT2D eigenvalue weighted by Gasteiger charge is 2.21. The molecule has 0 amide bonds. The Hall–Kier alpha value is -0.240. The van der Waals surface area contributed by atoms with Gasteiger partial charge in [0.1, 0.15) is 0 Å². The molecule has 2 saturated heterocycles. The quantitative estimate of drug-likeness (QED) is 0.341. The zero-order chi connectivity index (χ0) is 13.4. The van der Waals surface area contributed by atoms with Crippen molar-refractivity contribution in [2.45, 2.75) is 25.0 Å². The predicted octanol–water partition coefficient (Wildman–Crippen LogP) is -2.10. The van der Waals surface area contributed by atoms with Crippen LogP contribution >= 0.6 is 0 Å². The predicted molar refractivity (Wildman–Crippen MR) is 68.1 cm³/mol. The summed E-state index contributed by atoms with van der Waals surface area (Å²) in [6, 6.07) is 0. The standard InChI is InChI=1S/2C6H13NO2/c2*8-4-5-1-2-7-3-6(5)9/h2*5-9H,1-4H2/t2*5-,6+/m10/s1. The van der Waals surface area contributed by atoms with Gasteiger partial charge in [0.2, 0.25) is 0 Å². The summed E-state index contributed by atoms with van der Waals surface area (Å²) < 4.78 is 0. The summed E-state index contributed by atoms with van der Waals surface area (Å²) in [7, 11) is 0. The molecule has 6 heteroatoms. The highest BCUT2D eigenvalue weighted by Crippen LogP contribution is 2.11. The maximum Gasteiger partial charge on any atom is 0.0715 e. The Morgan fingerprint density at radius 2 is 1.17 bits per heavy atom. The van der Waals surface area contributed by atoms with Crippen LogP contribution in [0.3, 0.4) is 0 Å². The first-order valence-electron chi connectivity index (χ1n) is 6.68. The molecule has 2 heterocycles. The summed E-state index contributed by atoms with van der Waals surface area (Å²) in [6.45, 7) is 3.33. The van der Waals surface area contributed by atoms with Crippen LogP contribution < -0.4 is 10.6 Å². The second kappa shape index (κ2) is 8.79. The number of hydrogen-bond donors (Lipinski definition) is 6. The molecule has 2 fully saturated rings. The zero-order valence-electron chi connectivity index (χ0n) is 10.8. The molecule has 2 rings (SSSR count). The molecule has 0 aromatic carbocycles. The molecule has 18 heavy (non-hydrogen) atoms. The van der Waals surface area contributed by atoms with Gasteiger partial charge in [-0.15, -0.1) is 0 Å². The van der Waals surface area contributed by atoms with Gasteiger partial charge in [0, 0.05) is 38.1 Å². The molecule has 0 saturated carbocycles. The van der Waals surface area contributed by atoms with Crippen molar-refractivity contribution in [1.82, 2.24) is 10.6 Å². The van der Waals surface area contributed by atoms with Gasteiger partial charge >= 0.3 is 0 Å². The molecule has 0 aromatic heterocycles. The van der Waals surface area contributed by atoms with E-state index in [-0.39, 0.29) is 37.3 Å². The summed E-state index contributed by atoms with van der Waals surface area (Å²) >= 11 is 0. The fourth-order valence-corrected chi connectivity index (χ4v) is 2.22. The van der Waals surface area contributed by atoms with Gasteiger partial charge in [-0.2, -0.15) is 0 Å². The lowest BCUT2D eigenvalue weighted by Gasteiger charge is -2.26. The molecular weight excluding hydrogens is 236 g/mol. The molecule has 6 N–H and O–H groups in total. The van der Waals surface area contributed by atoms with E-state index in [1.165, 1.54) is 0 Å². The van der Waals surface area contributed by atoms with Crippen LogP contribution in [0, 0.1) is 11.8 Å². The van der Waals surface area contributed by atoms with Gasteiger partial charge in [0.05, 0.1) is 12.2 Å². The van der Waals surface area contributed by atoms with Crippen molar-refractivity contribution in [3.05, 3.63) is 0 Å². The Kier molecular flexibility index (Phi) is 7.73. The van der Waals surface area contributed by atoms with Gasteiger partial charge in [-0.3, -0.25) is 0 Å². The third kappa shape index (κ3) is 5.17. The number of aliphatic hydroxyl groups is 4. The fraction of sp³-hybridized carbons (Fsp3) is 1.00. The third-order valence-corrected chi connectivity index (χ3v) is 3.65. The minimum absolute atomic E-state index is 0.103. The van der Waals surface area contributed by atoms with Crippen LogP contribution in [0.25, 0.3) is 0 Å². The number of rotatable bonds is 2. The van der Waals surface area contributed by atoms with Crippen LogP contribution in [0.4, 0.5) is 0 Å². The molecule has 0 bridgehead atoms. The molecule has 6 nitrogen and oxygen atoms in total. The molecule has 2 aliphatic rings. The van der Waals surface area contributed by atoms with Crippen LogP contribution in [-0.4, -0.2) is 72.0 Å². The van der Waals surface area contributed by atoms with Crippen molar-refractivity contribution in [3.63, 3.8) is 0 Å². The van der Waals surface area contributed by atoms with E-state index in [9.17, 15) is 0 Å². The monoisotopic (exact) mass is 262 g/mol. The second-order valence-electron chi connectivity index (χ2n) is 5.01. The summed E-state index contributed by atoms with van der Waals surface area (Å²) in [5, 5.41) is 41.7. The highest BCUT2D eigenvalue weighted by atomic mass is 16.3. The number of β-amino-alcohol motifs (C(OH)–C–C–N with tert-alkyl or cyclic N) is 2. The lowest BCUT2D eigenvalue weighted by Crippen LogP contribution is -2.41. The van der Waals surface area contributed by atoms with E-state index in [0.29, 0.717) is 13.1 Å². The first kappa shape index (κ1) is 15.8. The Bertz CT molecular complexity index is 196. The van der Waals surface area contributed by atoms with Crippen molar-refractivity contribution < 1.29 is 20.4 Å². The lowest BCUT2D eigenvalue weighted by atomic mass is 9.96. The lowest BCUT2D eigenvalue weighted by molar-refractivity contribution is 0.0456. The van der Waals surface area contributed by atoms with Crippen LogP contribution in [0.2, 0.25) is 0 Å². The van der Waals surface area contributed by atoms with Crippen molar-refractivity contribution in [3.8, 4) is 0 Å². The van der Waals surface area contributed by atoms with E-state index in [1.54, 1.807) is 0 Å². The minimum atomic E-state index is -0.344. The van der Waals surface area contributed by atoms with Crippen LogP contribution in [-0.2, 0) is 0 Å². The summed E-state index contributed by atoms with van der Waals surface area (Å²) in [5.74, 6) is 0.206. The SMILES string of the molecule is OC[C@@H]1CCNC[C@H]1O.OC[C@H]1CCNC[C@@H]1O. The van der Waals surface area contributed by atoms with Gasteiger partial charge in [-0.25, -0.2) is 0 Å². The van der Waals surface area contributed by atoms with E-state index in [1.807, 2.05) is 0 Å². The van der Waals surface area contributed by atoms with Gasteiger partial charge in [0.25, 0.3) is 0 Å². The third-order valence-electron chi connectivity index (χ3n) is 3.65. The van der Waals surface area contributed by atoms with Gasteiger partial charge < -0.3 is 31.1 Å². The van der Waals surface area contributed by atoms with E-state index in [2.05, 4.69) is 10.6 Å². The van der Waals surface area contributed by atoms with E-state index in [0.717, 1.165) is 25.9 Å². The molecule has 0 unspecified atom stereocenters. The normalized spacial score (nSPS) is 36.7. The van der Waals surface area contributed by atoms with E-state index in [4.69, 9.17) is 20.4 Å². The molecule has 108 valence electrons. The van der Waals surface area contributed by atoms with Crippen molar-refractivity contribution in [1.29, 1.82) is 0 Å². The Balaban J connectivity index is 0.000000180. The second-order valence-corrected chi connectivity index (χ2v) is 5.01. The van der Waals surface area contributed by atoms with Crippen molar-refractivity contribution in [2.24, 2.45) is 11.8 Å². The molecule has 0 aliphatic carbocycles. The van der Waals surface area contributed by atoms with Crippen molar-refractivity contribution >= 4 is 0 Å². The molecule has 4 atom stereocenters. The maximum absolute atomic E-state index is 9.15. The smallest absolute Gasteiger partial charge is 0.0715 e. The van der Waals surface area contributed by atoms with Crippen LogP contribution in [0.5, 0.6) is 0 Å².